The van der Waals surface area contributed by atoms with E-state index in [0.717, 1.165) is 37.5 Å². The van der Waals surface area contributed by atoms with E-state index in [4.69, 9.17) is 49.8 Å². The van der Waals surface area contributed by atoms with Crippen molar-refractivity contribution in [1.82, 2.24) is 22.1 Å². The Hall–Kier alpha value is -2.66. The molecule has 0 amide bonds. The quantitative estimate of drug-likeness (QED) is 0.0768. The third-order valence-corrected chi connectivity index (χ3v) is 2.16. The van der Waals surface area contributed by atoms with Crippen LogP contribution in [0.5, 0.6) is 0 Å². The molecule has 0 aliphatic heterocycles. The Balaban J connectivity index is -0.0000000482. The minimum Gasteiger partial charge on any atom is -0.549 e. The minimum absolute atomic E-state index is 0. The number of hydrogen-bond acceptors (Lipinski definition) is 14. The van der Waals surface area contributed by atoms with Crippen molar-refractivity contribution in [2.75, 3.05) is 39.3 Å². The van der Waals surface area contributed by atoms with Crippen molar-refractivity contribution in [3.63, 3.8) is 0 Å². The second-order valence-electron chi connectivity index (χ2n) is 6.03. The van der Waals surface area contributed by atoms with Crippen LogP contribution in [-0.4, -0.2) is 127 Å². The first-order valence-corrected chi connectivity index (χ1v) is 9.69. The van der Waals surface area contributed by atoms with Gasteiger partial charge in [-0.15, -0.1) is 13.2 Å². The first-order valence-electron chi connectivity index (χ1n) is 9.69. The van der Waals surface area contributed by atoms with Crippen LogP contribution in [-0.2, 0) is 38.4 Å². The second kappa shape index (κ2) is 48.1. The van der Waals surface area contributed by atoms with Crippen molar-refractivity contribution in [3.05, 3.63) is 13.2 Å². The fourth-order valence-electron chi connectivity index (χ4n) is 1.46. The zero-order valence-electron chi connectivity index (χ0n) is 24.7. The zero-order chi connectivity index (χ0) is 32.0. The summed E-state index contributed by atoms with van der Waals surface area (Å²) in [5.74, 6) is -8.85. The maximum atomic E-state index is 10.5. The van der Waals surface area contributed by atoms with Crippen LogP contribution in [0, 0.1) is 0 Å². The summed E-state index contributed by atoms with van der Waals surface area (Å²) in [6.07, 6.45) is 0. The van der Waals surface area contributed by atoms with Crippen LogP contribution >= 0.6 is 0 Å². The standard InChI is InChI=1S/C10H16N2O8.4C2H4O2.C2H4.2H3N.2Na/c13-7(14)3-11(4-8(15)16)1-2-12(5-9(17)18)6-10(19)20;4*1-2(3)4;1-2;;;;/h1-6H2,(H,13,14)(H,15,16)(H,17,18)(H,19,20);4*1H3,(H,3,4);1-2H2;2*1H3;;/q;;;;;;;;2*+1/p-2. The molecular weight excluding hydrogens is 598 g/mol. The molecule has 0 radical (unpaired) electrons. The minimum atomic E-state index is -1.49. The SMILES string of the molecule is C=C.CC(=O)O.CC(=O)O.CC(=O)O.CC(=O)O.N.N.O=C([O-])CN(CCN(CC(=O)[O-])CC(=O)O)CC(=O)O.[Na+].[Na+]. The van der Waals surface area contributed by atoms with E-state index in [1.54, 1.807) is 0 Å². The summed E-state index contributed by atoms with van der Waals surface area (Å²) in [6, 6.07) is 0. The average molecular weight is 639 g/mol. The van der Waals surface area contributed by atoms with E-state index < -0.39 is 73.9 Å². The molecule has 0 saturated heterocycles. The van der Waals surface area contributed by atoms with E-state index in [9.17, 15) is 29.4 Å². The van der Waals surface area contributed by atoms with Crippen LogP contribution in [0.4, 0.5) is 0 Å². The third kappa shape index (κ3) is 147. The third-order valence-electron chi connectivity index (χ3n) is 2.16. The number of aliphatic carboxylic acids is 8. The molecule has 0 aromatic heterocycles. The molecule has 0 saturated carbocycles. The van der Waals surface area contributed by atoms with Gasteiger partial charge >= 0.3 is 71.1 Å². The number of nitrogens with zero attached hydrogens (tertiary/aromatic N) is 2. The van der Waals surface area contributed by atoms with Gasteiger partial charge in [0.25, 0.3) is 23.9 Å². The van der Waals surface area contributed by atoms with Crippen LogP contribution in [0.2, 0.25) is 0 Å². The van der Waals surface area contributed by atoms with E-state index in [2.05, 4.69) is 13.2 Å². The molecule has 12 N–H and O–H groups in total. The van der Waals surface area contributed by atoms with Crippen LogP contribution < -0.4 is 81.6 Å². The summed E-state index contributed by atoms with van der Waals surface area (Å²) in [7, 11) is 0. The largest absolute Gasteiger partial charge is 1.00 e. The Kier molecular flexibility index (Phi) is 76.9. The van der Waals surface area contributed by atoms with Gasteiger partial charge in [0.2, 0.25) is 0 Å². The number of carboxylic acids is 8. The summed E-state index contributed by atoms with van der Waals surface area (Å²) < 4.78 is 0. The van der Waals surface area contributed by atoms with Crippen LogP contribution in [0.3, 0.4) is 0 Å². The fourth-order valence-corrected chi connectivity index (χ4v) is 1.46. The Morgan fingerprint density at radius 3 is 0.738 bits per heavy atom. The van der Waals surface area contributed by atoms with E-state index in [-0.39, 0.29) is 84.5 Å². The molecule has 0 bridgehead atoms. The molecule has 0 heterocycles. The molecule has 0 atom stereocenters. The maximum absolute atomic E-state index is 10.5. The molecule has 42 heavy (non-hydrogen) atoms. The fraction of sp³-hybridized carbons (Fsp3) is 0.500. The summed E-state index contributed by atoms with van der Waals surface area (Å²) in [5.41, 5.74) is 0. The Bertz CT molecular complexity index is 626. The van der Waals surface area contributed by atoms with Gasteiger partial charge < -0.3 is 62.7 Å². The normalized spacial score (nSPS) is 7.57. The van der Waals surface area contributed by atoms with Gasteiger partial charge in [0.1, 0.15) is 0 Å². The molecule has 0 spiro atoms. The van der Waals surface area contributed by atoms with Gasteiger partial charge in [-0.3, -0.25) is 38.6 Å². The topological polar surface area (TPSA) is 381 Å². The summed E-state index contributed by atoms with van der Waals surface area (Å²) in [4.78, 5) is 79.9. The van der Waals surface area contributed by atoms with E-state index in [1.807, 2.05) is 0 Å². The van der Waals surface area contributed by atoms with Gasteiger partial charge in [-0.2, -0.15) is 0 Å². The van der Waals surface area contributed by atoms with Gasteiger partial charge in [-0.25, -0.2) is 0 Å². The van der Waals surface area contributed by atoms with Crippen molar-refractivity contribution >= 4 is 47.8 Å². The molecule has 22 heteroatoms. The van der Waals surface area contributed by atoms with Crippen molar-refractivity contribution in [1.29, 1.82) is 0 Å². The van der Waals surface area contributed by atoms with Crippen molar-refractivity contribution in [2.45, 2.75) is 27.7 Å². The molecule has 0 aliphatic carbocycles. The van der Waals surface area contributed by atoms with Gasteiger partial charge in [0.05, 0.1) is 25.0 Å². The molecule has 0 unspecified atom stereocenters. The molecule has 0 aromatic rings. The molecule has 0 fully saturated rings. The number of hydrogen-bond donors (Lipinski definition) is 8. The van der Waals surface area contributed by atoms with E-state index >= 15 is 0 Å². The molecule has 0 aliphatic rings. The molecule has 238 valence electrons. The molecular formula is C20H40N4Na2O16. The van der Waals surface area contributed by atoms with Crippen LogP contribution in [0.15, 0.2) is 13.2 Å². The molecule has 20 nitrogen and oxygen atoms in total. The van der Waals surface area contributed by atoms with E-state index in [1.165, 1.54) is 0 Å². The van der Waals surface area contributed by atoms with Crippen LogP contribution in [0.1, 0.15) is 27.7 Å². The van der Waals surface area contributed by atoms with Gasteiger partial charge in [-0.1, -0.05) is 0 Å². The predicted octanol–water partition coefficient (Wildman–Crippen LogP) is -9.24. The molecule has 0 aromatic carbocycles. The van der Waals surface area contributed by atoms with Gasteiger partial charge in [0, 0.05) is 53.9 Å². The number of rotatable bonds is 11. The smallest absolute Gasteiger partial charge is 0.549 e. The van der Waals surface area contributed by atoms with Crippen molar-refractivity contribution < 1.29 is 138 Å². The van der Waals surface area contributed by atoms with Gasteiger partial charge in [-0.05, 0) is 0 Å². The first-order chi connectivity index (χ1) is 17.1. The van der Waals surface area contributed by atoms with Crippen LogP contribution in [0.25, 0.3) is 0 Å². The Morgan fingerprint density at radius 1 is 0.500 bits per heavy atom. The number of carbonyl (C=O) groups excluding carboxylic acids is 2. The maximum Gasteiger partial charge on any atom is 1.00 e. The van der Waals surface area contributed by atoms with Crippen molar-refractivity contribution in [2.24, 2.45) is 0 Å². The van der Waals surface area contributed by atoms with E-state index in [0.29, 0.717) is 0 Å². The summed E-state index contributed by atoms with van der Waals surface area (Å²) >= 11 is 0. The first kappa shape index (κ1) is 67.2. The monoisotopic (exact) mass is 638 g/mol. The molecule has 0 rings (SSSR count). The average Bonchev–Trinajstić information content (AvgIpc) is 2.64. The number of carbonyl (C=O) groups is 8. The summed E-state index contributed by atoms with van der Waals surface area (Å²) in [5, 5.41) is 67.7. The Labute approximate surface area is 286 Å². The Morgan fingerprint density at radius 2 is 0.643 bits per heavy atom. The second-order valence-corrected chi connectivity index (χ2v) is 6.03. The zero-order valence-corrected chi connectivity index (χ0v) is 28.7. The van der Waals surface area contributed by atoms with Gasteiger partial charge in [0.15, 0.2) is 0 Å². The van der Waals surface area contributed by atoms with Crippen molar-refractivity contribution in [3.8, 4) is 0 Å². The predicted molar refractivity (Wildman–Crippen MR) is 133 cm³/mol. The summed E-state index contributed by atoms with van der Waals surface area (Å²) in [6.45, 7) is 7.58. The number of carboxylic acid groups (broad SMARTS) is 8.